The first-order valence-electron chi connectivity index (χ1n) is 9.87. The second-order valence-corrected chi connectivity index (χ2v) is 7.11. The second-order valence-electron chi connectivity index (χ2n) is 6.70. The van der Waals surface area contributed by atoms with Gasteiger partial charge in [0.25, 0.3) is 11.8 Å². The fourth-order valence-electron chi connectivity index (χ4n) is 2.80. The third-order valence-corrected chi connectivity index (χ3v) is 4.61. The third-order valence-electron chi connectivity index (χ3n) is 4.40. The standard InChI is InChI=1S/C23H22N4O4S/c1-2-20(28)24-17-12-10-16(11-13-17)22(30)26-27-23(32)25-21(29)14-31-19-9-5-7-15-6-3-4-8-18(15)19/h3-13H,2,14H2,1H3,(H,24,28)(H,26,30)(H2,25,27,29,32). The summed E-state index contributed by atoms with van der Waals surface area (Å²) in [5.74, 6) is -0.457. The molecule has 32 heavy (non-hydrogen) atoms. The van der Waals surface area contributed by atoms with E-state index in [4.69, 9.17) is 17.0 Å². The number of carbonyl (C=O) groups is 3. The van der Waals surface area contributed by atoms with Crippen LogP contribution in [0.4, 0.5) is 5.69 Å². The molecule has 0 spiro atoms. The van der Waals surface area contributed by atoms with Crippen molar-refractivity contribution in [3.05, 3.63) is 72.3 Å². The number of anilines is 1. The number of benzene rings is 3. The molecule has 0 aliphatic carbocycles. The summed E-state index contributed by atoms with van der Waals surface area (Å²) in [4.78, 5) is 35.7. The van der Waals surface area contributed by atoms with Crippen molar-refractivity contribution in [3.63, 3.8) is 0 Å². The summed E-state index contributed by atoms with van der Waals surface area (Å²) in [5.41, 5.74) is 5.81. The highest BCUT2D eigenvalue weighted by Crippen LogP contribution is 2.24. The smallest absolute Gasteiger partial charge is 0.269 e. The van der Waals surface area contributed by atoms with Gasteiger partial charge in [-0.2, -0.15) is 0 Å². The summed E-state index contributed by atoms with van der Waals surface area (Å²) >= 11 is 5.03. The average molecular weight is 451 g/mol. The molecule has 164 valence electrons. The lowest BCUT2D eigenvalue weighted by Gasteiger charge is -2.12. The molecule has 3 aromatic carbocycles. The summed E-state index contributed by atoms with van der Waals surface area (Å²) in [6.45, 7) is 1.51. The van der Waals surface area contributed by atoms with Gasteiger partial charge in [-0.3, -0.25) is 30.6 Å². The molecule has 4 N–H and O–H groups in total. The van der Waals surface area contributed by atoms with Gasteiger partial charge in [-0.05, 0) is 47.9 Å². The van der Waals surface area contributed by atoms with Crippen LogP contribution in [0.2, 0.25) is 0 Å². The van der Waals surface area contributed by atoms with E-state index in [1.807, 2.05) is 36.4 Å². The van der Waals surface area contributed by atoms with E-state index in [0.29, 0.717) is 23.4 Å². The number of rotatable bonds is 6. The topological polar surface area (TPSA) is 109 Å². The van der Waals surface area contributed by atoms with Crippen LogP contribution in [0.15, 0.2) is 66.7 Å². The molecule has 0 unspecified atom stereocenters. The molecule has 0 heterocycles. The van der Waals surface area contributed by atoms with Gasteiger partial charge in [-0.15, -0.1) is 0 Å². The highest BCUT2D eigenvalue weighted by atomic mass is 32.1. The zero-order chi connectivity index (χ0) is 22.9. The van der Waals surface area contributed by atoms with Crippen LogP contribution in [0.25, 0.3) is 10.8 Å². The summed E-state index contributed by atoms with van der Waals surface area (Å²) in [5, 5.41) is 6.97. The maximum atomic E-state index is 12.2. The highest BCUT2D eigenvalue weighted by Gasteiger charge is 2.10. The summed E-state index contributed by atoms with van der Waals surface area (Å²) in [6.07, 6.45) is 0.363. The largest absolute Gasteiger partial charge is 0.483 e. The van der Waals surface area contributed by atoms with E-state index in [2.05, 4.69) is 21.5 Å². The Bertz CT molecular complexity index is 1140. The van der Waals surface area contributed by atoms with Crippen molar-refractivity contribution >= 4 is 51.5 Å². The molecule has 0 bridgehead atoms. The third kappa shape index (κ3) is 6.26. The van der Waals surface area contributed by atoms with Gasteiger partial charge in [0.2, 0.25) is 5.91 Å². The van der Waals surface area contributed by atoms with E-state index in [0.717, 1.165) is 10.8 Å². The predicted molar refractivity (Wildman–Crippen MR) is 126 cm³/mol. The normalized spacial score (nSPS) is 10.2. The molecule has 0 saturated carbocycles. The van der Waals surface area contributed by atoms with Gasteiger partial charge >= 0.3 is 0 Å². The molecule has 0 saturated heterocycles. The Balaban J connectivity index is 1.44. The van der Waals surface area contributed by atoms with E-state index in [9.17, 15) is 14.4 Å². The Morgan fingerprint density at radius 2 is 1.59 bits per heavy atom. The second kappa shape index (κ2) is 10.9. The quantitative estimate of drug-likeness (QED) is 0.340. The number of hydrogen-bond donors (Lipinski definition) is 4. The number of fused-ring (bicyclic) bond motifs is 1. The molecular formula is C23H22N4O4S. The Hall–Kier alpha value is -3.98. The number of hydrogen-bond acceptors (Lipinski definition) is 5. The Morgan fingerprint density at radius 3 is 2.34 bits per heavy atom. The first-order chi connectivity index (χ1) is 15.5. The van der Waals surface area contributed by atoms with Crippen LogP contribution in [-0.4, -0.2) is 29.4 Å². The van der Waals surface area contributed by atoms with Crippen molar-refractivity contribution in [1.82, 2.24) is 16.2 Å². The summed E-state index contributed by atoms with van der Waals surface area (Å²) in [6, 6.07) is 19.6. The lowest BCUT2D eigenvalue weighted by atomic mass is 10.1. The van der Waals surface area contributed by atoms with Crippen LogP contribution < -0.4 is 26.2 Å². The van der Waals surface area contributed by atoms with Crippen LogP contribution in [0, 0.1) is 0 Å². The van der Waals surface area contributed by atoms with Crippen LogP contribution in [0.5, 0.6) is 5.75 Å². The molecule has 0 radical (unpaired) electrons. The monoisotopic (exact) mass is 450 g/mol. The van der Waals surface area contributed by atoms with Crippen molar-refractivity contribution in [2.75, 3.05) is 11.9 Å². The number of thiocarbonyl (C=S) groups is 1. The van der Waals surface area contributed by atoms with Crippen molar-refractivity contribution in [1.29, 1.82) is 0 Å². The fourth-order valence-corrected chi connectivity index (χ4v) is 2.96. The van der Waals surface area contributed by atoms with Gasteiger partial charge in [0.05, 0.1) is 0 Å². The first kappa shape index (κ1) is 22.7. The van der Waals surface area contributed by atoms with Crippen LogP contribution >= 0.6 is 12.2 Å². The van der Waals surface area contributed by atoms with Crippen LogP contribution in [0.3, 0.4) is 0 Å². The minimum atomic E-state index is -0.472. The number of amides is 3. The van der Waals surface area contributed by atoms with Gasteiger partial charge < -0.3 is 10.1 Å². The highest BCUT2D eigenvalue weighted by molar-refractivity contribution is 7.80. The van der Waals surface area contributed by atoms with Gasteiger partial charge in [-0.25, -0.2) is 0 Å². The summed E-state index contributed by atoms with van der Waals surface area (Å²) < 4.78 is 5.61. The van der Waals surface area contributed by atoms with Gasteiger partial charge in [0, 0.05) is 23.1 Å². The Labute approximate surface area is 190 Å². The molecule has 8 nitrogen and oxygen atoms in total. The van der Waals surface area contributed by atoms with Crippen molar-refractivity contribution in [3.8, 4) is 5.75 Å². The van der Waals surface area contributed by atoms with Gasteiger partial charge in [-0.1, -0.05) is 43.3 Å². The molecule has 3 rings (SSSR count). The maximum Gasteiger partial charge on any atom is 0.269 e. The number of carbonyl (C=O) groups excluding carboxylic acids is 3. The maximum absolute atomic E-state index is 12.2. The molecule has 3 aromatic rings. The van der Waals surface area contributed by atoms with E-state index in [1.165, 1.54) is 0 Å². The van der Waals surface area contributed by atoms with Crippen LogP contribution in [0.1, 0.15) is 23.7 Å². The summed E-state index contributed by atoms with van der Waals surface area (Å²) in [7, 11) is 0. The van der Waals surface area contributed by atoms with E-state index >= 15 is 0 Å². The molecule has 0 fully saturated rings. The zero-order valence-corrected chi connectivity index (χ0v) is 18.1. The molecule has 0 aliphatic rings. The number of nitrogens with one attached hydrogen (secondary N) is 4. The molecule has 9 heteroatoms. The first-order valence-corrected chi connectivity index (χ1v) is 10.3. The van der Waals surface area contributed by atoms with Gasteiger partial charge in [0.1, 0.15) is 5.75 Å². The van der Waals surface area contributed by atoms with E-state index in [1.54, 1.807) is 37.3 Å². The Kier molecular flexibility index (Phi) is 7.71. The minimum Gasteiger partial charge on any atom is -0.483 e. The number of hydrazine groups is 1. The SMILES string of the molecule is CCC(=O)Nc1ccc(C(=O)NNC(=S)NC(=O)COc2cccc3ccccc23)cc1. The van der Waals surface area contributed by atoms with E-state index in [-0.39, 0.29) is 17.6 Å². The molecule has 3 amide bonds. The van der Waals surface area contributed by atoms with Gasteiger partial charge in [0.15, 0.2) is 11.7 Å². The molecule has 0 atom stereocenters. The van der Waals surface area contributed by atoms with Crippen molar-refractivity contribution < 1.29 is 19.1 Å². The fraction of sp³-hybridized carbons (Fsp3) is 0.130. The average Bonchev–Trinajstić information content (AvgIpc) is 2.81. The minimum absolute atomic E-state index is 0.0725. The number of ether oxygens (including phenoxy) is 1. The molecular weight excluding hydrogens is 428 g/mol. The lowest BCUT2D eigenvalue weighted by Crippen LogP contribution is -2.49. The molecule has 0 aromatic heterocycles. The Morgan fingerprint density at radius 1 is 0.875 bits per heavy atom. The van der Waals surface area contributed by atoms with Crippen molar-refractivity contribution in [2.45, 2.75) is 13.3 Å². The zero-order valence-electron chi connectivity index (χ0n) is 17.3. The van der Waals surface area contributed by atoms with Crippen LogP contribution in [-0.2, 0) is 9.59 Å². The van der Waals surface area contributed by atoms with Crippen molar-refractivity contribution in [2.24, 2.45) is 0 Å². The molecule has 0 aliphatic heterocycles. The van der Waals surface area contributed by atoms with E-state index < -0.39 is 11.8 Å². The lowest BCUT2D eigenvalue weighted by molar-refractivity contribution is -0.121. The predicted octanol–water partition coefficient (Wildman–Crippen LogP) is 2.90.